The van der Waals surface area contributed by atoms with E-state index in [1.54, 1.807) is 48.7 Å². The molecule has 0 bridgehead atoms. The van der Waals surface area contributed by atoms with Gasteiger partial charge < -0.3 is 46.9 Å². The van der Waals surface area contributed by atoms with Crippen LogP contribution < -0.4 is 37.1 Å². The normalized spacial score (nSPS) is 21.6. The van der Waals surface area contributed by atoms with Crippen LogP contribution in [0.3, 0.4) is 0 Å². The molecule has 1 aromatic heterocycles. The Morgan fingerprint density at radius 1 is 0.543 bits per heavy atom. The fourth-order valence-electron chi connectivity index (χ4n) is 9.21. The number of benzene rings is 5. The molecule has 15 nitrogen and oxygen atoms in total. The van der Waals surface area contributed by atoms with Gasteiger partial charge in [0, 0.05) is 42.9 Å². The van der Waals surface area contributed by atoms with E-state index in [4.69, 9.17) is 10.5 Å². The second-order valence-corrected chi connectivity index (χ2v) is 17.9. The van der Waals surface area contributed by atoms with Gasteiger partial charge in [-0.05, 0) is 84.7 Å². The van der Waals surface area contributed by atoms with Gasteiger partial charge in [0.2, 0.25) is 35.4 Å². The van der Waals surface area contributed by atoms with Gasteiger partial charge in [-0.2, -0.15) is 0 Å². The molecule has 0 unspecified atom stereocenters. The summed E-state index contributed by atoms with van der Waals surface area (Å²) < 4.78 is 6.02. The quantitative estimate of drug-likeness (QED) is 0.0758. The Kier molecular flexibility index (Phi) is 16.3. The monoisotopic (exact) mass is 944 g/mol. The van der Waals surface area contributed by atoms with Gasteiger partial charge >= 0.3 is 0 Å². The van der Waals surface area contributed by atoms with Crippen LogP contribution in [0.25, 0.3) is 10.9 Å². The van der Waals surface area contributed by atoms with E-state index in [-0.39, 0.29) is 32.2 Å². The van der Waals surface area contributed by atoms with Crippen LogP contribution in [0.2, 0.25) is 0 Å². The first-order valence-corrected chi connectivity index (χ1v) is 24.1. The Hall–Kier alpha value is -7.78. The minimum Gasteiger partial charge on any atom is -0.489 e. The van der Waals surface area contributed by atoms with Crippen molar-refractivity contribution >= 4 is 46.3 Å². The van der Waals surface area contributed by atoms with E-state index < -0.39 is 71.7 Å². The van der Waals surface area contributed by atoms with Crippen LogP contribution in [0.15, 0.2) is 146 Å². The summed E-state index contributed by atoms with van der Waals surface area (Å²) in [6.45, 7) is 0.935. The molecule has 2 fully saturated rings. The summed E-state index contributed by atoms with van der Waals surface area (Å²) in [5.74, 6) is -3.00. The van der Waals surface area contributed by atoms with Crippen LogP contribution in [0, 0.1) is 0 Å². The number of ether oxygens (including phenoxy) is 1. The van der Waals surface area contributed by atoms with E-state index in [9.17, 15) is 28.8 Å². The van der Waals surface area contributed by atoms with E-state index in [0.717, 1.165) is 27.6 Å². The number of hydrogen-bond acceptors (Lipinski definition) is 8. The summed E-state index contributed by atoms with van der Waals surface area (Å²) in [6, 6.07) is 35.4. The molecule has 5 aromatic carbocycles. The molecule has 6 aromatic rings. The molecule has 6 amide bonds. The van der Waals surface area contributed by atoms with Gasteiger partial charge in [-0.1, -0.05) is 121 Å². The molecule has 2 aliphatic heterocycles. The van der Waals surface area contributed by atoms with E-state index in [2.05, 4.69) is 31.6 Å². The number of rotatable bonds is 14. The third-order valence-corrected chi connectivity index (χ3v) is 13.0. The number of nitrogens with one attached hydrogen (secondary N) is 6. The number of hydrogen-bond donors (Lipinski definition) is 7. The molecule has 70 heavy (non-hydrogen) atoms. The lowest BCUT2D eigenvalue weighted by Gasteiger charge is -2.32. The summed E-state index contributed by atoms with van der Waals surface area (Å²) in [5.41, 5.74) is 10.4. The Bertz CT molecular complexity index is 2730. The van der Waals surface area contributed by atoms with Crippen molar-refractivity contribution in [3.63, 3.8) is 0 Å². The number of carbonyl (C=O) groups is 6. The van der Waals surface area contributed by atoms with Crippen LogP contribution in [0.4, 0.5) is 0 Å². The number of amides is 6. The molecule has 8 N–H and O–H groups in total. The standard InChI is InChI=1S/C55H60N8O7/c56-29-13-12-23-44-50(64)59-45(31-37-25-27-41(28-26-37)70-35-38-17-6-2-7-18-38)51(65)61-47(32-36-15-4-1-5-16-36)55(69)63-30-14-24-48(63)53(67)62-49(39-19-8-3-9-20-39)54(68)60-46(52(66)58-44)33-40-34-57-43-22-11-10-21-42(40)43/h1-11,15-22,25-28,34,44-49,57H,12-14,23-24,29-33,35,56H2,(H,58,66)(H,59,64)(H,60,68)(H,61,65)(H,62,67)/t44-,45-,46+,47-,48-,49+/m0/s1. The zero-order valence-electron chi connectivity index (χ0n) is 39.0. The van der Waals surface area contributed by atoms with Crippen molar-refractivity contribution in [3.8, 4) is 5.75 Å². The number of fused-ring (bicyclic) bond motifs is 2. The molecule has 8 rings (SSSR count). The molecular weight excluding hydrogens is 885 g/mol. The highest BCUT2D eigenvalue weighted by Crippen LogP contribution is 2.24. The first-order valence-electron chi connectivity index (χ1n) is 24.1. The van der Waals surface area contributed by atoms with Gasteiger partial charge in [0.25, 0.3) is 0 Å². The molecular formula is C55H60N8O7. The third-order valence-electron chi connectivity index (χ3n) is 13.0. The Morgan fingerprint density at radius 2 is 1.11 bits per heavy atom. The Balaban J connectivity index is 1.16. The predicted octanol–water partition coefficient (Wildman–Crippen LogP) is 4.71. The van der Waals surface area contributed by atoms with Gasteiger partial charge in [0.15, 0.2) is 0 Å². The summed E-state index contributed by atoms with van der Waals surface area (Å²) >= 11 is 0. The van der Waals surface area contributed by atoms with Crippen molar-refractivity contribution in [2.24, 2.45) is 5.73 Å². The lowest BCUT2D eigenvalue weighted by Crippen LogP contribution is -2.61. The van der Waals surface area contributed by atoms with Crippen molar-refractivity contribution in [2.75, 3.05) is 13.1 Å². The number of aromatic nitrogens is 1. The Morgan fingerprint density at radius 3 is 1.83 bits per heavy atom. The Labute approximate surface area is 407 Å². The number of nitrogens with zero attached hydrogens (tertiary/aromatic N) is 1. The van der Waals surface area contributed by atoms with Crippen molar-refractivity contribution in [2.45, 2.75) is 94.2 Å². The smallest absolute Gasteiger partial charge is 0.247 e. The molecule has 2 saturated heterocycles. The average Bonchev–Trinajstić information content (AvgIpc) is 4.05. The number of para-hydroxylation sites is 1. The van der Waals surface area contributed by atoms with Crippen LogP contribution in [0.1, 0.15) is 66.0 Å². The summed E-state index contributed by atoms with van der Waals surface area (Å²) in [7, 11) is 0. The van der Waals surface area contributed by atoms with E-state index in [0.29, 0.717) is 55.7 Å². The molecule has 0 radical (unpaired) electrons. The van der Waals surface area contributed by atoms with Gasteiger partial charge in [-0.15, -0.1) is 0 Å². The van der Waals surface area contributed by atoms with Crippen LogP contribution in [-0.2, 0) is 54.6 Å². The van der Waals surface area contributed by atoms with Crippen molar-refractivity contribution < 1.29 is 33.5 Å². The van der Waals surface area contributed by atoms with Gasteiger partial charge in [0.1, 0.15) is 48.6 Å². The maximum Gasteiger partial charge on any atom is 0.247 e. The predicted molar refractivity (Wildman–Crippen MR) is 266 cm³/mol. The largest absolute Gasteiger partial charge is 0.489 e. The van der Waals surface area contributed by atoms with Crippen LogP contribution in [0.5, 0.6) is 5.75 Å². The van der Waals surface area contributed by atoms with E-state index >= 15 is 0 Å². The highest BCUT2D eigenvalue weighted by Gasteiger charge is 2.41. The van der Waals surface area contributed by atoms with E-state index in [1.807, 2.05) is 97.1 Å². The average molecular weight is 945 g/mol. The topological polar surface area (TPSA) is 217 Å². The number of nitrogens with two attached hydrogens (primary N) is 1. The SMILES string of the molecule is NCCCC[C@@H]1NC(=O)[C@@H](Cc2c[nH]c3ccccc23)NC(=O)[C@@H](c2ccccc2)NC(=O)[C@@H]2CCCN2C(=O)[C@H](Cc2ccccc2)NC(=O)[C@H](Cc2ccc(OCc3ccccc3)cc2)NC1=O. The first-order chi connectivity index (χ1) is 34.1. The van der Waals surface area contributed by atoms with Gasteiger partial charge in [0.05, 0.1) is 0 Å². The minimum atomic E-state index is -1.27. The highest BCUT2D eigenvalue weighted by molar-refractivity contribution is 5.99. The number of unbranched alkanes of at least 4 members (excludes halogenated alkanes) is 1. The van der Waals surface area contributed by atoms with Crippen LogP contribution >= 0.6 is 0 Å². The lowest BCUT2D eigenvalue weighted by atomic mass is 9.99. The van der Waals surface area contributed by atoms with Crippen molar-refractivity contribution in [1.82, 2.24) is 36.5 Å². The maximum absolute atomic E-state index is 14.9. The summed E-state index contributed by atoms with van der Waals surface area (Å²) in [4.78, 5) is 93.1. The maximum atomic E-state index is 14.9. The zero-order valence-corrected chi connectivity index (χ0v) is 39.0. The lowest BCUT2D eigenvalue weighted by molar-refractivity contribution is -0.142. The van der Waals surface area contributed by atoms with Crippen LogP contribution in [-0.4, -0.2) is 88.6 Å². The number of carbonyl (C=O) groups excluding carboxylic acids is 6. The van der Waals surface area contributed by atoms with Crippen molar-refractivity contribution in [1.29, 1.82) is 0 Å². The fourth-order valence-corrected chi connectivity index (χ4v) is 9.21. The molecule has 0 aliphatic carbocycles. The first kappa shape index (κ1) is 48.7. The van der Waals surface area contributed by atoms with Gasteiger partial charge in [-0.3, -0.25) is 28.8 Å². The van der Waals surface area contributed by atoms with Gasteiger partial charge in [-0.25, -0.2) is 0 Å². The highest BCUT2D eigenvalue weighted by atomic mass is 16.5. The zero-order chi connectivity index (χ0) is 48.8. The van der Waals surface area contributed by atoms with Crippen molar-refractivity contribution in [3.05, 3.63) is 174 Å². The summed E-state index contributed by atoms with van der Waals surface area (Å²) in [5, 5.41) is 15.5. The number of aromatic amines is 1. The molecule has 2 aliphatic rings. The molecule has 6 atom stereocenters. The second-order valence-electron chi connectivity index (χ2n) is 17.9. The minimum absolute atomic E-state index is 0.0150. The molecule has 3 heterocycles. The molecule has 362 valence electrons. The molecule has 0 saturated carbocycles. The second kappa shape index (κ2) is 23.5. The van der Waals surface area contributed by atoms with E-state index in [1.165, 1.54) is 4.90 Å². The third kappa shape index (κ3) is 12.5. The fraction of sp³-hybridized carbons (Fsp3) is 0.309. The molecule has 15 heteroatoms. The summed E-state index contributed by atoms with van der Waals surface area (Å²) in [6.07, 6.45) is 3.90. The molecule has 0 spiro atoms. The number of H-pyrrole nitrogens is 1.